The Hall–Kier alpha value is -2.48. The van der Waals surface area contributed by atoms with Gasteiger partial charge in [0, 0.05) is 18.1 Å². The number of hydrogen-bond acceptors (Lipinski definition) is 5. The van der Waals surface area contributed by atoms with E-state index in [-0.39, 0.29) is 12.1 Å². The molecular weight excluding hydrogens is 312 g/mol. The van der Waals surface area contributed by atoms with Crippen molar-refractivity contribution in [2.45, 2.75) is 26.8 Å². The third-order valence-corrected chi connectivity index (χ3v) is 4.70. The summed E-state index contributed by atoms with van der Waals surface area (Å²) >= 11 is 1.64. The van der Waals surface area contributed by atoms with Crippen molar-refractivity contribution in [3.05, 3.63) is 40.2 Å². The number of thiazole rings is 1. The molecular formula is C15H18N6OS. The van der Waals surface area contributed by atoms with Crippen LogP contribution in [-0.2, 0) is 0 Å². The second-order valence-corrected chi connectivity index (χ2v) is 6.78. The molecule has 0 aliphatic heterocycles. The molecule has 0 saturated carbocycles. The number of anilines is 1. The van der Waals surface area contributed by atoms with Gasteiger partial charge in [-0.3, -0.25) is 4.40 Å². The molecule has 0 unspecified atom stereocenters. The quantitative estimate of drug-likeness (QED) is 0.801. The van der Waals surface area contributed by atoms with E-state index in [4.69, 9.17) is 0 Å². The minimum atomic E-state index is -0.210. The summed E-state index contributed by atoms with van der Waals surface area (Å²) in [5.41, 5.74) is 2.17. The highest BCUT2D eigenvalue weighted by Crippen LogP contribution is 2.26. The zero-order valence-corrected chi connectivity index (χ0v) is 14.3. The first-order valence-corrected chi connectivity index (χ1v) is 8.05. The van der Waals surface area contributed by atoms with Crippen LogP contribution in [0.25, 0.3) is 5.65 Å². The number of amides is 2. The Morgan fingerprint density at radius 1 is 1.43 bits per heavy atom. The topological polar surface area (TPSA) is 75.4 Å². The second-order valence-electron chi connectivity index (χ2n) is 5.38. The highest BCUT2D eigenvalue weighted by atomic mass is 32.1. The van der Waals surface area contributed by atoms with Gasteiger partial charge in [-0.15, -0.1) is 21.5 Å². The smallest absolute Gasteiger partial charge is 0.319 e. The van der Waals surface area contributed by atoms with Crippen LogP contribution in [0.1, 0.15) is 28.5 Å². The van der Waals surface area contributed by atoms with Crippen LogP contribution in [0.15, 0.2) is 24.7 Å². The van der Waals surface area contributed by atoms with Crippen LogP contribution in [0.3, 0.4) is 0 Å². The lowest BCUT2D eigenvalue weighted by molar-refractivity contribution is 0.207. The maximum Gasteiger partial charge on any atom is 0.322 e. The summed E-state index contributed by atoms with van der Waals surface area (Å²) in [4.78, 5) is 19.9. The number of rotatable bonds is 3. The van der Waals surface area contributed by atoms with Gasteiger partial charge in [-0.2, -0.15) is 0 Å². The normalized spacial score (nSPS) is 12.3. The Kier molecular flexibility index (Phi) is 3.99. The third-order valence-electron chi connectivity index (χ3n) is 3.80. The van der Waals surface area contributed by atoms with E-state index < -0.39 is 0 Å². The predicted molar refractivity (Wildman–Crippen MR) is 89.8 cm³/mol. The van der Waals surface area contributed by atoms with E-state index in [1.54, 1.807) is 40.1 Å². The van der Waals surface area contributed by atoms with Crippen molar-refractivity contribution in [3.8, 4) is 0 Å². The largest absolute Gasteiger partial charge is 0.322 e. The number of carbonyl (C=O) groups is 1. The minimum Gasteiger partial charge on any atom is -0.319 e. The molecule has 0 aliphatic rings. The summed E-state index contributed by atoms with van der Waals surface area (Å²) in [5.74, 6) is 0. The first-order chi connectivity index (χ1) is 11.0. The van der Waals surface area contributed by atoms with Gasteiger partial charge >= 0.3 is 6.03 Å². The lowest BCUT2D eigenvalue weighted by atomic mass is 10.2. The average molecular weight is 330 g/mol. The second kappa shape index (κ2) is 5.96. The SMILES string of the molecule is Cc1nc([C@H](C)N(C)C(=O)Nc2cccn3cnnc23)c(C)s1. The van der Waals surface area contributed by atoms with Crippen LogP contribution >= 0.6 is 11.3 Å². The van der Waals surface area contributed by atoms with Crippen LogP contribution in [0.4, 0.5) is 10.5 Å². The molecule has 3 aromatic rings. The maximum atomic E-state index is 12.5. The number of nitrogens with one attached hydrogen (secondary N) is 1. The van der Waals surface area contributed by atoms with Crippen molar-refractivity contribution in [2.75, 3.05) is 12.4 Å². The first kappa shape index (κ1) is 15.4. The molecule has 3 heterocycles. The number of fused-ring (bicyclic) bond motifs is 1. The number of nitrogens with zero attached hydrogens (tertiary/aromatic N) is 5. The molecule has 0 spiro atoms. The summed E-state index contributed by atoms with van der Waals surface area (Å²) in [6.45, 7) is 5.97. The molecule has 1 N–H and O–H groups in total. The van der Waals surface area contributed by atoms with Gasteiger partial charge in [0.05, 0.1) is 22.4 Å². The minimum absolute atomic E-state index is 0.113. The molecule has 0 saturated heterocycles. The first-order valence-electron chi connectivity index (χ1n) is 7.23. The van der Waals surface area contributed by atoms with Gasteiger partial charge in [-0.05, 0) is 32.9 Å². The van der Waals surface area contributed by atoms with E-state index >= 15 is 0 Å². The Bertz CT molecular complexity index is 855. The van der Waals surface area contributed by atoms with Gasteiger partial charge in [0.1, 0.15) is 6.33 Å². The fraction of sp³-hybridized carbons (Fsp3) is 0.333. The zero-order chi connectivity index (χ0) is 16.6. The van der Waals surface area contributed by atoms with Crippen LogP contribution in [0, 0.1) is 13.8 Å². The van der Waals surface area contributed by atoms with E-state index in [0.29, 0.717) is 11.3 Å². The van der Waals surface area contributed by atoms with Gasteiger partial charge < -0.3 is 10.2 Å². The Morgan fingerprint density at radius 3 is 2.91 bits per heavy atom. The average Bonchev–Trinajstić information content (AvgIpc) is 3.12. The molecule has 7 nitrogen and oxygen atoms in total. The molecule has 0 aliphatic carbocycles. The highest BCUT2D eigenvalue weighted by Gasteiger charge is 2.22. The fourth-order valence-corrected chi connectivity index (χ4v) is 3.35. The molecule has 120 valence electrons. The van der Waals surface area contributed by atoms with Gasteiger partial charge in [0.2, 0.25) is 0 Å². The number of urea groups is 1. The summed E-state index contributed by atoms with van der Waals surface area (Å²) in [6.07, 6.45) is 3.43. The van der Waals surface area contributed by atoms with E-state index in [9.17, 15) is 4.79 Å². The van der Waals surface area contributed by atoms with E-state index in [2.05, 4.69) is 20.5 Å². The molecule has 3 rings (SSSR count). The van der Waals surface area contributed by atoms with Crippen molar-refractivity contribution in [1.82, 2.24) is 24.5 Å². The van der Waals surface area contributed by atoms with Crippen LogP contribution in [0.2, 0.25) is 0 Å². The molecule has 0 radical (unpaired) electrons. The zero-order valence-electron chi connectivity index (χ0n) is 13.4. The van der Waals surface area contributed by atoms with Crippen LogP contribution in [-0.4, -0.2) is 37.6 Å². The van der Waals surface area contributed by atoms with E-state index in [1.165, 1.54) is 0 Å². The van der Waals surface area contributed by atoms with Gasteiger partial charge in [0.25, 0.3) is 0 Å². The van der Waals surface area contributed by atoms with E-state index in [1.807, 2.05) is 33.0 Å². The summed E-state index contributed by atoms with van der Waals surface area (Å²) in [6, 6.07) is 3.32. The third kappa shape index (κ3) is 2.89. The van der Waals surface area contributed by atoms with Gasteiger partial charge in [0.15, 0.2) is 5.65 Å². The van der Waals surface area contributed by atoms with Crippen LogP contribution in [0.5, 0.6) is 0 Å². The molecule has 23 heavy (non-hydrogen) atoms. The highest BCUT2D eigenvalue weighted by molar-refractivity contribution is 7.11. The number of carbonyl (C=O) groups excluding carboxylic acids is 1. The van der Waals surface area contributed by atoms with Crippen molar-refractivity contribution < 1.29 is 4.79 Å². The maximum absolute atomic E-state index is 12.5. The van der Waals surface area contributed by atoms with Crippen molar-refractivity contribution in [1.29, 1.82) is 0 Å². The van der Waals surface area contributed by atoms with Crippen molar-refractivity contribution in [2.24, 2.45) is 0 Å². The number of pyridine rings is 1. The fourth-order valence-electron chi connectivity index (χ4n) is 2.44. The van der Waals surface area contributed by atoms with Gasteiger partial charge in [-0.1, -0.05) is 0 Å². The summed E-state index contributed by atoms with van der Waals surface area (Å²) < 4.78 is 1.76. The lowest BCUT2D eigenvalue weighted by Crippen LogP contribution is -2.34. The van der Waals surface area contributed by atoms with E-state index in [0.717, 1.165) is 15.6 Å². The molecule has 0 bridgehead atoms. The summed E-state index contributed by atoms with van der Waals surface area (Å²) in [5, 5.41) is 11.8. The number of aryl methyl sites for hydroxylation is 2. The molecule has 0 fully saturated rings. The standard InChI is InChI=1S/C15H18N6OS/c1-9(13-10(2)23-11(3)17-13)20(4)15(22)18-12-6-5-7-21-8-16-19-14(12)21/h5-9H,1-4H3,(H,18,22)/t9-/m0/s1. The number of hydrogen-bond donors (Lipinski definition) is 1. The van der Waals surface area contributed by atoms with Crippen molar-refractivity contribution >= 4 is 28.7 Å². The molecule has 2 amide bonds. The summed E-state index contributed by atoms with van der Waals surface area (Å²) in [7, 11) is 1.76. The monoisotopic (exact) mass is 330 g/mol. The molecule has 0 aromatic carbocycles. The number of aromatic nitrogens is 4. The Morgan fingerprint density at radius 2 is 2.22 bits per heavy atom. The molecule has 1 atom stereocenters. The van der Waals surface area contributed by atoms with Gasteiger partial charge in [-0.25, -0.2) is 9.78 Å². The molecule has 8 heteroatoms. The predicted octanol–water partition coefficient (Wildman–Crippen LogP) is 3.03. The van der Waals surface area contributed by atoms with Crippen molar-refractivity contribution in [3.63, 3.8) is 0 Å². The lowest BCUT2D eigenvalue weighted by Gasteiger charge is -2.24. The van der Waals surface area contributed by atoms with Crippen LogP contribution < -0.4 is 5.32 Å². The molecule has 3 aromatic heterocycles. The Labute approximate surface area is 138 Å². The Balaban J connectivity index is 1.80.